The van der Waals surface area contributed by atoms with E-state index in [2.05, 4.69) is 16.0 Å². The lowest BCUT2D eigenvalue weighted by Crippen LogP contribution is -2.65. The molecular weight excluding hydrogens is 1300 g/mol. The molecular formula is C69H109ClF4N12O12. The van der Waals surface area contributed by atoms with Crippen LogP contribution in [0.3, 0.4) is 0 Å². The van der Waals surface area contributed by atoms with Crippen molar-refractivity contribution in [2.75, 3.05) is 81.6 Å². The van der Waals surface area contributed by atoms with Crippen LogP contribution < -0.4 is 16.0 Å². The van der Waals surface area contributed by atoms with E-state index in [4.69, 9.17) is 11.6 Å². The largest absolute Gasteiger partial charge is 0.393 e. The predicted octanol–water partition coefficient (Wildman–Crippen LogP) is 5.01. The highest BCUT2D eigenvalue weighted by molar-refractivity contribution is 6.21. The second-order valence-corrected chi connectivity index (χ2v) is 30.2. The maximum absolute atomic E-state index is 15.4. The molecule has 12 atom stereocenters. The lowest BCUT2D eigenvalue weighted by molar-refractivity contribution is -0.182. The van der Waals surface area contributed by atoms with Crippen LogP contribution >= 0.6 is 11.6 Å². The molecule has 29 heteroatoms. The normalized spacial score (nSPS) is 32.0. The van der Waals surface area contributed by atoms with Crippen LogP contribution in [0.2, 0.25) is 0 Å². The molecule has 0 radical (unpaired) electrons. The Kier molecular flexibility index (Phi) is 27.7. The second-order valence-electron chi connectivity index (χ2n) is 29.7. The molecule has 0 bridgehead atoms. The number of fused-ring (bicyclic) bond motifs is 2. The van der Waals surface area contributed by atoms with Gasteiger partial charge in [-0.2, -0.15) is 13.2 Å². The fourth-order valence-electron chi connectivity index (χ4n) is 16.0. The zero-order chi connectivity index (χ0) is 72.4. The Labute approximate surface area is 580 Å². The van der Waals surface area contributed by atoms with Gasteiger partial charge < -0.3 is 60.0 Å². The van der Waals surface area contributed by atoms with Crippen molar-refractivity contribution in [1.82, 2.24) is 60.0 Å². The first-order valence-corrected chi connectivity index (χ1v) is 36.3. The molecule has 0 aromatic carbocycles. The quantitative estimate of drug-likeness (QED) is 0.203. The summed E-state index contributed by atoms with van der Waals surface area (Å²) in [7, 11) is 8.39. The molecule has 0 aromatic rings. The van der Waals surface area contributed by atoms with Gasteiger partial charge in [0.05, 0.1) is 25.4 Å². The van der Waals surface area contributed by atoms with Crippen LogP contribution in [0.5, 0.6) is 0 Å². The van der Waals surface area contributed by atoms with Gasteiger partial charge in [-0.1, -0.05) is 47.0 Å². The maximum Gasteiger partial charge on any atom is 0.393 e. The summed E-state index contributed by atoms with van der Waals surface area (Å²) < 4.78 is 56.6. The summed E-state index contributed by atoms with van der Waals surface area (Å²) in [5.41, 5.74) is -1.58. The molecule has 3 N–H and O–H groups in total. The number of rotatable bonds is 9. The molecule has 12 amide bonds. The average molecular weight is 1410 g/mol. The second kappa shape index (κ2) is 34.3. The summed E-state index contributed by atoms with van der Waals surface area (Å²) in [5.74, 6) is -11.3. The maximum atomic E-state index is 15.4. The van der Waals surface area contributed by atoms with E-state index in [1.165, 1.54) is 73.7 Å². The fourth-order valence-corrected chi connectivity index (χ4v) is 16.5. The number of piperidine rings is 1. The van der Waals surface area contributed by atoms with Gasteiger partial charge in [0.2, 0.25) is 70.9 Å². The van der Waals surface area contributed by atoms with Crippen molar-refractivity contribution in [3.63, 3.8) is 0 Å². The highest BCUT2D eigenvalue weighted by Crippen LogP contribution is 2.44. The highest BCUT2D eigenvalue weighted by Gasteiger charge is 2.52. The molecule has 4 aliphatic heterocycles. The third kappa shape index (κ3) is 18.8. The Morgan fingerprint density at radius 2 is 1.21 bits per heavy atom. The van der Waals surface area contributed by atoms with Gasteiger partial charge in [0, 0.05) is 73.8 Å². The SMILES string of the molecule is CC[C@H](C)[C@@H]1NC(=O)[C@H](C)N(C)C(=O)C[C@@H](C(=O)N2CCCCC2)N(C)C(=O)[C@H](C(C)C)N(C)C(=O)C2(CCCC2)NC(=O)[C@@H]2CCCN2C(=O)[C@H](CCC2CCC(C(F)(F)F)C(Cl)C2)NC(=O)CN(C)C(=O)[C@H](CC2CCC(F)CC2)N(C)C(=O)[C@@H]2CCCN2C(=O)CN(C)C1=O. The lowest BCUT2D eigenvalue weighted by atomic mass is 9.78. The summed E-state index contributed by atoms with van der Waals surface area (Å²) in [6, 6.07) is -9.97. The summed E-state index contributed by atoms with van der Waals surface area (Å²) in [5, 5.41) is 7.40. The minimum atomic E-state index is -4.52. The summed E-state index contributed by atoms with van der Waals surface area (Å²) in [6.07, 6.45) is 0.183. The molecule has 552 valence electrons. The number of carbonyl (C=O) groups is 12. The van der Waals surface area contributed by atoms with Crippen LogP contribution in [0.1, 0.15) is 182 Å². The van der Waals surface area contributed by atoms with Gasteiger partial charge in [-0.25, -0.2) is 4.39 Å². The number of hydrogen-bond acceptors (Lipinski definition) is 12. The summed E-state index contributed by atoms with van der Waals surface area (Å²) in [4.78, 5) is 189. The van der Waals surface area contributed by atoms with E-state index in [-0.39, 0.29) is 102 Å². The molecule has 7 aliphatic rings. The average Bonchev–Trinajstić information content (AvgIpc) is 1.56. The Balaban J connectivity index is 1.25. The molecule has 1 spiro atoms. The van der Waals surface area contributed by atoms with Crippen LogP contribution in [-0.2, 0) is 57.5 Å². The van der Waals surface area contributed by atoms with Crippen LogP contribution in [0.15, 0.2) is 0 Å². The zero-order valence-electron chi connectivity index (χ0n) is 59.5. The first kappa shape index (κ1) is 79.0. The Hall–Kier alpha value is -6.35. The van der Waals surface area contributed by atoms with Crippen molar-refractivity contribution in [3.8, 4) is 0 Å². The van der Waals surface area contributed by atoms with Gasteiger partial charge in [0.1, 0.15) is 60.0 Å². The standard InChI is InChI=1S/C69H109ClF4N12O12/c1-12-42(4)57-65(96)79(7)40-56(89)85-34-19-21-51(85)63(94)81(9)52(37-45-22-26-46(71)27-23-45)62(93)78(6)39-54(87)75-49(29-25-44-24-28-47(48(70)36-44)69(72,73)74)61(92)86-35-18-20-50(86)60(91)77-68(30-14-15-31-68)67(98)83(11)58(41(2)3)66(97)82(10)53(64(95)84-32-16-13-17-33-84)38-55(88)80(8)43(5)59(90)76-57/h41-53,57-58H,12-40H2,1-11H3,(H,75,87)(H,76,90)(H,77,91)/t42-,43-,44?,45?,46?,47?,48?,49-,50-,51-,52-,53-,57-,58-/m0/s1. The molecule has 3 aliphatic carbocycles. The summed E-state index contributed by atoms with van der Waals surface area (Å²) >= 11 is 6.39. The van der Waals surface area contributed by atoms with E-state index >= 15 is 19.2 Å². The molecule has 7 fully saturated rings. The van der Waals surface area contributed by atoms with Crippen LogP contribution in [0.4, 0.5) is 17.6 Å². The fraction of sp³-hybridized carbons (Fsp3) is 0.826. The van der Waals surface area contributed by atoms with E-state index < -0.39 is 180 Å². The molecule has 7 rings (SSSR count). The zero-order valence-corrected chi connectivity index (χ0v) is 60.2. The van der Waals surface area contributed by atoms with Gasteiger partial charge in [-0.3, -0.25) is 57.5 Å². The van der Waals surface area contributed by atoms with Crippen molar-refractivity contribution < 1.29 is 75.1 Å². The van der Waals surface area contributed by atoms with Crippen molar-refractivity contribution in [1.29, 1.82) is 0 Å². The first-order chi connectivity index (χ1) is 46.1. The Bertz CT molecular complexity index is 2890. The minimum absolute atomic E-state index is 0.0194. The van der Waals surface area contributed by atoms with Crippen molar-refractivity contribution in [2.24, 2.45) is 29.6 Å². The third-order valence-corrected chi connectivity index (χ3v) is 23.0. The van der Waals surface area contributed by atoms with E-state index in [1.807, 2.05) is 6.92 Å². The van der Waals surface area contributed by atoms with Crippen molar-refractivity contribution in [3.05, 3.63) is 0 Å². The molecule has 3 unspecified atom stereocenters. The number of nitrogens with one attached hydrogen (secondary N) is 3. The predicted molar refractivity (Wildman–Crippen MR) is 356 cm³/mol. The minimum Gasteiger partial charge on any atom is -0.343 e. The highest BCUT2D eigenvalue weighted by atomic mass is 35.5. The van der Waals surface area contributed by atoms with Gasteiger partial charge in [-0.15, -0.1) is 11.6 Å². The lowest BCUT2D eigenvalue weighted by Gasteiger charge is -2.42. The van der Waals surface area contributed by atoms with Gasteiger partial charge in [0.15, 0.2) is 0 Å². The number of likely N-dealkylation sites (N-methyl/N-ethyl adjacent to an activating group) is 6. The number of amides is 12. The smallest absolute Gasteiger partial charge is 0.343 e. The number of nitrogens with zero attached hydrogens (tertiary/aromatic N) is 9. The van der Waals surface area contributed by atoms with Gasteiger partial charge in [0.25, 0.3) is 0 Å². The Morgan fingerprint density at radius 1 is 0.612 bits per heavy atom. The van der Waals surface area contributed by atoms with Gasteiger partial charge in [-0.05, 0) is 153 Å². The number of alkyl halides is 5. The van der Waals surface area contributed by atoms with Crippen molar-refractivity contribution >= 4 is 82.5 Å². The van der Waals surface area contributed by atoms with Crippen LogP contribution in [-0.4, -0.2) is 268 Å². The molecule has 0 aromatic heterocycles. The van der Waals surface area contributed by atoms with E-state index in [0.29, 0.717) is 70.9 Å². The first-order valence-electron chi connectivity index (χ1n) is 35.8. The van der Waals surface area contributed by atoms with E-state index in [0.717, 1.165) is 21.1 Å². The number of carbonyl (C=O) groups excluding carboxylic acids is 12. The van der Waals surface area contributed by atoms with Gasteiger partial charge >= 0.3 is 6.18 Å². The third-order valence-electron chi connectivity index (χ3n) is 22.6. The number of likely N-dealkylation sites (tertiary alicyclic amines) is 1. The molecule has 3 saturated carbocycles. The molecule has 4 heterocycles. The van der Waals surface area contributed by atoms with Crippen molar-refractivity contribution in [2.45, 2.75) is 254 Å². The monoisotopic (exact) mass is 1410 g/mol. The molecule has 98 heavy (non-hydrogen) atoms. The van der Waals surface area contributed by atoms with Crippen LogP contribution in [0.25, 0.3) is 0 Å². The molecule has 24 nitrogen and oxygen atoms in total. The topological polar surface area (TPSA) is 270 Å². The Morgan fingerprint density at radius 3 is 1.82 bits per heavy atom. The number of halogens is 5. The van der Waals surface area contributed by atoms with E-state index in [1.54, 1.807) is 25.7 Å². The molecule has 4 saturated heterocycles. The van der Waals surface area contributed by atoms with Crippen LogP contribution in [0, 0.1) is 29.6 Å². The summed E-state index contributed by atoms with van der Waals surface area (Å²) in [6.45, 7) is 8.20. The number of hydrogen-bond donors (Lipinski definition) is 3. The van der Waals surface area contributed by atoms with E-state index in [9.17, 15) is 55.9 Å².